The number of nitrogens with zero attached hydrogens (tertiary/aromatic N) is 2. The number of alkyl halides is 3. The Balaban J connectivity index is 2.02. The lowest BCUT2D eigenvalue weighted by Crippen LogP contribution is -2.27. The van der Waals surface area contributed by atoms with Crippen LogP contribution in [0.15, 0.2) is 48.5 Å². The summed E-state index contributed by atoms with van der Waals surface area (Å²) in [5, 5.41) is 6.86. The zero-order valence-corrected chi connectivity index (χ0v) is 18.2. The normalized spacial score (nSPS) is 11.9. The minimum atomic E-state index is -4.78. The summed E-state index contributed by atoms with van der Waals surface area (Å²) in [5.74, 6) is 0.424. The number of benzene rings is 2. The van der Waals surface area contributed by atoms with E-state index >= 15 is 0 Å². The zero-order valence-electron chi connectivity index (χ0n) is 17.4. The van der Waals surface area contributed by atoms with Gasteiger partial charge in [-0.1, -0.05) is 29.8 Å². The molecule has 0 saturated carbocycles. The number of hydrogen-bond acceptors (Lipinski definition) is 5. The third-order valence-electron chi connectivity index (χ3n) is 3.96. The van der Waals surface area contributed by atoms with Crippen molar-refractivity contribution < 1.29 is 17.9 Å². The molecule has 5 nitrogen and oxygen atoms in total. The summed E-state index contributed by atoms with van der Waals surface area (Å²) in [6.07, 6.45) is -4.78. The van der Waals surface area contributed by atoms with E-state index in [0.717, 1.165) is 5.56 Å². The second-order valence-corrected chi connectivity index (χ2v) is 8.43. The molecule has 0 radical (unpaired) electrons. The van der Waals surface area contributed by atoms with Crippen LogP contribution >= 0.6 is 11.6 Å². The number of ether oxygens (including phenoxy) is 1. The van der Waals surface area contributed by atoms with Gasteiger partial charge >= 0.3 is 6.36 Å². The minimum absolute atomic E-state index is 0.317. The van der Waals surface area contributed by atoms with E-state index in [2.05, 4.69) is 25.3 Å². The Kier molecular flexibility index (Phi) is 6.31. The smallest absolute Gasteiger partial charge is 0.406 e. The molecule has 2 N–H and O–H groups in total. The van der Waals surface area contributed by atoms with E-state index in [1.165, 1.54) is 18.2 Å². The Labute approximate surface area is 183 Å². The number of aryl methyl sites for hydroxylation is 1. The summed E-state index contributed by atoms with van der Waals surface area (Å²) in [5.41, 5.74) is 2.18. The Morgan fingerprint density at radius 2 is 1.71 bits per heavy atom. The number of anilines is 3. The highest BCUT2D eigenvalue weighted by molar-refractivity contribution is 6.33. The molecule has 2 aromatic carbocycles. The molecule has 164 valence electrons. The van der Waals surface area contributed by atoms with Crippen LogP contribution in [-0.2, 0) is 0 Å². The monoisotopic (exact) mass is 450 g/mol. The van der Waals surface area contributed by atoms with Crippen molar-refractivity contribution in [2.24, 2.45) is 0 Å². The Hall–Kier alpha value is -3.00. The SMILES string of the molecule is Cc1ccc(Nc2cc(-c3cccc(OC(F)(F)F)c3)nc(NC(C)(C)C)n2)c(Cl)c1. The maximum absolute atomic E-state index is 12.6. The molecular formula is C22H22ClF3N4O. The third kappa shape index (κ3) is 6.75. The molecule has 0 spiro atoms. The van der Waals surface area contributed by atoms with E-state index in [-0.39, 0.29) is 11.3 Å². The summed E-state index contributed by atoms with van der Waals surface area (Å²) in [6, 6.07) is 12.8. The predicted molar refractivity (Wildman–Crippen MR) is 117 cm³/mol. The second kappa shape index (κ2) is 8.63. The lowest BCUT2D eigenvalue weighted by molar-refractivity contribution is -0.274. The number of aromatic nitrogens is 2. The van der Waals surface area contributed by atoms with Gasteiger partial charge in [-0.15, -0.1) is 13.2 Å². The molecule has 0 bridgehead atoms. The molecule has 0 saturated heterocycles. The van der Waals surface area contributed by atoms with Gasteiger partial charge in [0.2, 0.25) is 5.95 Å². The van der Waals surface area contributed by atoms with E-state index in [0.29, 0.717) is 33.7 Å². The highest BCUT2D eigenvalue weighted by atomic mass is 35.5. The highest BCUT2D eigenvalue weighted by Gasteiger charge is 2.31. The van der Waals surface area contributed by atoms with Crippen molar-refractivity contribution in [1.82, 2.24) is 9.97 Å². The first-order valence-electron chi connectivity index (χ1n) is 9.45. The Morgan fingerprint density at radius 3 is 2.35 bits per heavy atom. The first-order chi connectivity index (χ1) is 14.4. The molecule has 0 amide bonds. The topological polar surface area (TPSA) is 59.1 Å². The molecule has 1 aromatic heterocycles. The Bertz CT molecular complexity index is 1080. The van der Waals surface area contributed by atoms with Gasteiger partial charge in [-0.3, -0.25) is 0 Å². The van der Waals surface area contributed by atoms with Crippen molar-refractivity contribution in [3.63, 3.8) is 0 Å². The van der Waals surface area contributed by atoms with Gasteiger partial charge in [0.15, 0.2) is 0 Å². The molecule has 31 heavy (non-hydrogen) atoms. The molecule has 1 heterocycles. The van der Waals surface area contributed by atoms with E-state index in [1.807, 2.05) is 45.9 Å². The van der Waals surface area contributed by atoms with E-state index in [4.69, 9.17) is 11.6 Å². The number of halogens is 4. The summed E-state index contributed by atoms with van der Waals surface area (Å²) >= 11 is 6.32. The minimum Gasteiger partial charge on any atom is -0.406 e. The first-order valence-corrected chi connectivity index (χ1v) is 9.82. The fraction of sp³-hybridized carbons (Fsp3) is 0.273. The standard InChI is InChI=1S/C22H22ClF3N4O/c1-13-8-9-17(16(23)10-13)27-19-12-18(28-20(29-19)30-21(2,3)4)14-6-5-7-15(11-14)31-22(24,25)26/h5-12H,1-4H3,(H2,27,28,29,30). The lowest BCUT2D eigenvalue weighted by atomic mass is 10.1. The molecule has 0 fully saturated rings. The molecule has 3 rings (SSSR count). The van der Waals surface area contributed by atoms with Gasteiger partial charge in [-0.25, -0.2) is 4.98 Å². The third-order valence-corrected chi connectivity index (χ3v) is 4.28. The fourth-order valence-electron chi connectivity index (χ4n) is 2.76. The summed E-state index contributed by atoms with van der Waals surface area (Å²) in [4.78, 5) is 8.95. The van der Waals surface area contributed by atoms with Crippen LogP contribution in [0.4, 0.5) is 30.6 Å². The van der Waals surface area contributed by atoms with Crippen LogP contribution in [0.2, 0.25) is 5.02 Å². The van der Waals surface area contributed by atoms with E-state index in [9.17, 15) is 13.2 Å². The average molecular weight is 451 g/mol. The van der Waals surface area contributed by atoms with E-state index in [1.54, 1.807) is 12.1 Å². The second-order valence-electron chi connectivity index (χ2n) is 8.02. The van der Waals surface area contributed by atoms with Gasteiger partial charge in [-0.2, -0.15) is 4.98 Å². The van der Waals surface area contributed by atoms with Crippen molar-refractivity contribution >= 4 is 29.1 Å². The van der Waals surface area contributed by atoms with Gasteiger partial charge in [0.1, 0.15) is 11.6 Å². The van der Waals surface area contributed by atoms with Crippen LogP contribution in [0.25, 0.3) is 11.3 Å². The first kappa shape index (κ1) is 22.7. The predicted octanol–water partition coefficient (Wildman–Crippen LogP) is 6.96. The van der Waals surface area contributed by atoms with E-state index < -0.39 is 6.36 Å². The molecule has 0 atom stereocenters. The van der Waals surface area contributed by atoms with Gasteiger partial charge in [0.25, 0.3) is 0 Å². The van der Waals surface area contributed by atoms with Crippen LogP contribution in [-0.4, -0.2) is 21.9 Å². The van der Waals surface area contributed by atoms with Crippen LogP contribution in [0.5, 0.6) is 5.75 Å². The van der Waals surface area contributed by atoms with Crippen LogP contribution < -0.4 is 15.4 Å². The molecule has 3 aromatic rings. The average Bonchev–Trinajstić information content (AvgIpc) is 2.61. The largest absolute Gasteiger partial charge is 0.573 e. The maximum Gasteiger partial charge on any atom is 0.573 e. The lowest BCUT2D eigenvalue weighted by Gasteiger charge is -2.21. The van der Waals surface area contributed by atoms with Gasteiger partial charge in [0.05, 0.1) is 16.4 Å². The van der Waals surface area contributed by atoms with Crippen LogP contribution in [0, 0.1) is 6.92 Å². The number of rotatable bonds is 5. The molecule has 0 aliphatic rings. The van der Waals surface area contributed by atoms with Crippen molar-refractivity contribution in [3.05, 3.63) is 59.1 Å². The zero-order chi connectivity index (χ0) is 22.8. The van der Waals surface area contributed by atoms with Crippen molar-refractivity contribution in [2.45, 2.75) is 39.6 Å². The van der Waals surface area contributed by atoms with Crippen LogP contribution in [0.3, 0.4) is 0 Å². The highest BCUT2D eigenvalue weighted by Crippen LogP contribution is 2.31. The van der Waals surface area contributed by atoms with Gasteiger partial charge in [0, 0.05) is 17.2 Å². The Morgan fingerprint density at radius 1 is 0.968 bits per heavy atom. The summed E-state index contributed by atoms with van der Waals surface area (Å²) < 4.78 is 41.9. The quantitative estimate of drug-likeness (QED) is 0.440. The molecular weight excluding hydrogens is 429 g/mol. The summed E-state index contributed by atoms with van der Waals surface area (Å²) in [6.45, 7) is 7.78. The number of hydrogen-bond donors (Lipinski definition) is 2. The van der Waals surface area contributed by atoms with Crippen molar-refractivity contribution in [2.75, 3.05) is 10.6 Å². The molecule has 9 heteroatoms. The summed E-state index contributed by atoms with van der Waals surface area (Å²) in [7, 11) is 0. The van der Waals surface area contributed by atoms with Crippen molar-refractivity contribution in [1.29, 1.82) is 0 Å². The van der Waals surface area contributed by atoms with Gasteiger partial charge < -0.3 is 15.4 Å². The fourth-order valence-corrected chi connectivity index (χ4v) is 3.04. The molecule has 0 aliphatic heterocycles. The van der Waals surface area contributed by atoms with Crippen LogP contribution in [0.1, 0.15) is 26.3 Å². The molecule has 0 unspecified atom stereocenters. The van der Waals surface area contributed by atoms with Gasteiger partial charge in [-0.05, 0) is 57.5 Å². The van der Waals surface area contributed by atoms with Crippen molar-refractivity contribution in [3.8, 4) is 17.0 Å². The molecule has 0 aliphatic carbocycles. The maximum atomic E-state index is 12.6. The number of nitrogens with one attached hydrogen (secondary N) is 2.